The number of carbonyl (C=O) groups is 2. The summed E-state index contributed by atoms with van der Waals surface area (Å²) in [5.74, 6) is -0.660. The standard InChI is InChI=1S/C24H20O5/c1-28-21-16-17(12-14-20(21)25)13-15-22(26)29-24(19-10-6-3-7-11-19)23(27)18-8-4-2-5-9-18/h2-16,24-25H,1H3. The van der Waals surface area contributed by atoms with Crippen molar-refractivity contribution < 1.29 is 24.2 Å². The Hall–Kier alpha value is -3.86. The average molecular weight is 388 g/mol. The van der Waals surface area contributed by atoms with Crippen molar-refractivity contribution in [2.45, 2.75) is 6.10 Å². The lowest BCUT2D eigenvalue weighted by Crippen LogP contribution is -2.19. The number of esters is 1. The van der Waals surface area contributed by atoms with Gasteiger partial charge in [0, 0.05) is 17.2 Å². The van der Waals surface area contributed by atoms with Crippen LogP contribution in [0.1, 0.15) is 27.6 Å². The van der Waals surface area contributed by atoms with Crippen molar-refractivity contribution in [3.05, 3.63) is 102 Å². The molecule has 1 unspecified atom stereocenters. The Kier molecular flexibility index (Phi) is 6.43. The van der Waals surface area contributed by atoms with Crippen LogP contribution in [0, 0.1) is 0 Å². The van der Waals surface area contributed by atoms with Crippen molar-refractivity contribution in [2.75, 3.05) is 7.11 Å². The molecule has 146 valence electrons. The minimum atomic E-state index is -1.05. The summed E-state index contributed by atoms with van der Waals surface area (Å²) < 4.78 is 10.5. The van der Waals surface area contributed by atoms with Crippen molar-refractivity contribution in [1.29, 1.82) is 0 Å². The molecule has 3 aromatic rings. The molecule has 3 rings (SSSR count). The molecule has 1 atom stereocenters. The van der Waals surface area contributed by atoms with Crippen molar-refractivity contribution in [1.82, 2.24) is 0 Å². The zero-order valence-corrected chi connectivity index (χ0v) is 15.8. The van der Waals surface area contributed by atoms with Crippen LogP contribution in [0.3, 0.4) is 0 Å². The molecule has 0 bridgehead atoms. The molecule has 0 aliphatic heterocycles. The first kappa shape index (κ1) is 19.9. The quantitative estimate of drug-likeness (QED) is 0.364. The first-order chi connectivity index (χ1) is 14.1. The second kappa shape index (κ2) is 9.37. The van der Waals surface area contributed by atoms with E-state index in [1.807, 2.05) is 12.1 Å². The second-order valence-corrected chi connectivity index (χ2v) is 6.22. The molecular weight excluding hydrogens is 368 g/mol. The van der Waals surface area contributed by atoms with Crippen molar-refractivity contribution in [3.8, 4) is 11.5 Å². The van der Waals surface area contributed by atoms with Crippen LogP contribution >= 0.6 is 0 Å². The molecule has 0 aliphatic carbocycles. The highest BCUT2D eigenvalue weighted by atomic mass is 16.5. The molecule has 5 nitrogen and oxygen atoms in total. The van der Waals surface area contributed by atoms with Crippen molar-refractivity contribution >= 4 is 17.8 Å². The lowest BCUT2D eigenvalue weighted by molar-refractivity contribution is -0.141. The zero-order valence-electron chi connectivity index (χ0n) is 15.8. The van der Waals surface area contributed by atoms with Crippen molar-refractivity contribution in [3.63, 3.8) is 0 Å². The summed E-state index contributed by atoms with van der Waals surface area (Å²) >= 11 is 0. The number of methoxy groups -OCH3 is 1. The van der Waals surface area contributed by atoms with Gasteiger partial charge in [0.05, 0.1) is 7.11 Å². The molecule has 29 heavy (non-hydrogen) atoms. The molecule has 0 spiro atoms. The third-order valence-electron chi connectivity index (χ3n) is 4.25. The van der Waals surface area contributed by atoms with Crippen LogP contribution in [-0.2, 0) is 9.53 Å². The van der Waals surface area contributed by atoms with Crippen LogP contribution < -0.4 is 4.74 Å². The Morgan fingerprint density at radius 1 is 0.931 bits per heavy atom. The SMILES string of the molecule is COc1cc(C=CC(=O)OC(C(=O)c2ccccc2)c2ccccc2)ccc1O. The van der Waals surface area contributed by atoms with Gasteiger partial charge >= 0.3 is 5.97 Å². The van der Waals surface area contributed by atoms with Crippen LogP contribution in [-0.4, -0.2) is 24.0 Å². The maximum Gasteiger partial charge on any atom is 0.331 e. The molecule has 0 fully saturated rings. The molecule has 0 radical (unpaired) electrons. The molecule has 0 aromatic heterocycles. The summed E-state index contributed by atoms with van der Waals surface area (Å²) in [6.45, 7) is 0. The lowest BCUT2D eigenvalue weighted by atomic mass is 10.00. The molecule has 0 heterocycles. The van der Waals surface area contributed by atoms with E-state index in [2.05, 4.69) is 0 Å². The highest BCUT2D eigenvalue weighted by Crippen LogP contribution is 2.27. The number of carbonyl (C=O) groups excluding carboxylic acids is 2. The fourth-order valence-corrected chi connectivity index (χ4v) is 2.77. The van der Waals surface area contributed by atoms with Gasteiger partial charge in [0.15, 0.2) is 17.6 Å². The number of ether oxygens (including phenoxy) is 2. The summed E-state index contributed by atoms with van der Waals surface area (Å²) in [5.41, 5.74) is 1.69. The monoisotopic (exact) mass is 388 g/mol. The second-order valence-electron chi connectivity index (χ2n) is 6.22. The Balaban J connectivity index is 1.80. The van der Waals surface area contributed by atoms with Gasteiger partial charge in [0.25, 0.3) is 0 Å². The first-order valence-electron chi connectivity index (χ1n) is 8.98. The van der Waals surface area contributed by atoms with Gasteiger partial charge < -0.3 is 14.6 Å². The predicted molar refractivity (Wildman–Crippen MR) is 110 cm³/mol. The highest BCUT2D eigenvalue weighted by Gasteiger charge is 2.25. The molecule has 5 heteroatoms. The lowest BCUT2D eigenvalue weighted by Gasteiger charge is -2.16. The van der Waals surface area contributed by atoms with Gasteiger partial charge in [-0.3, -0.25) is 4.79 Å². The largest absolute Gasteiger partial charge is 0.504 e. The van der Waals surface area contributed by atoms with Crippen LogP contribution in [0.4, 0.5) is 0 Å². The molecule has 0 aliphatic rings. The van der Waals surface area contributed by atoms with Gasteiger partial charge in [-0.05, 0) is 23.8 Å². The van der Waals surface area contributed by atoms with Crippen LogP contribution in [0.2, 0.25) is 0 Å². The number of rotatable bonds is 7. The van der Waals surface area contributed by atoms with Gasteiger partial charge in [-0.15, -0.1) is 0 Å². The number of phenols is 1. The van der Waals surface area contributed by atoms with E-state index in [1.165, 1.54) is 25.3 Å². The third kappa shape index (κ3) is 5.11. The maximum atomic E-state index is 12.9. The van der Waals surface area contributed by atoms with E-state index in [9.17, 15) is 14.7 Å². The molecular formula is C24H20O5. The number of benzene rings is 3. The smallest absolute Gasteiger partial charge is 0.331 e. The third-order valence-corrected chi connectivity index (χ3v) is 4.25. The van der Waals surface area contributed by atoms with Gasteiger partial charge in [-0.2, -0.15) is 0 Å². The molecule has 1 N–H and O–H groups in total. The fourth-order valence-electron chi connectivity index (χ4n) is 2.77. The van der Waals surface area contributed by atoms with E-state index < -0.39 is 12.1 Å². The summed E-state index contributed by atoms with van der Waals surface area (Å²) in [5, 5.41) is 9.65. The molecule has 0 saturated carbocycles. The highest BCUT2D eigenvalue weighted by molar-refractivity contribution is 6.01. The summed E-state index contributed by atoms with van der Waals surface area (Å²) in [7, 11) is 1.44. The number of hydrogen-bond acceptors (Lipinski definition) is 5. The Labute approximate surface area is 168 Å². The Bertz CT molecular complexity index is 1010. The molecule has 0 amide bonds. The Morgan fingerprint density at radius 2 is 1.59 bits per heavy atom. The van der Waals surface area contributed by atoms with E-state index in [1.54, 1.807) is 60.7 Å². The van der Waals surface area contributed by atoms with Crippen LogP contribution in [0.5, 0.6) is 11.5 Å². The van der Waals surface area contributed by atoms with Gasteiger partial charge in [-0.1, -0.05) is 66.7 Å². The average Bonchev–Trinajstić information content (AvgIpc) is 2.77. The van der Waals surface area contributed by atoms with Gasteiger partial charge in [0.2, 0.25) is 5.78 Å². The summed E-state index contributed by atoms with van der Waals surface area (Å²) in [4.78, 5) is 25.3. The number of aromatic hydroxyl groups is 1. The summed E-state index contributed by atoms with van der Waals surface area (Å²) in [6.07, 6.45) is 1.71. The number of Topliss-reactive ketones (excluding diaryl/α,β-unsaturated/α-hetero) is 1. The Morgan fingerprint density at radius 3 is 2.24 bits per heavy atom. The first-order valence-corrected chi connectivity index (χ1v) is 8.98. The number of ketones is 1. The fraction of sp³-hybridized carbons (Fsp3) is 0.0833. The molecule has 3 aromatic carbocycles. The van der Waals surface area contributed by atoms with Gasteiger partial charge in [-0.25, -0.2) is 4.79 Å². The van der Waals surface area contributed by atoms with E-state index >= 15 is 0 Å². The normalized spacial score (nSPS) is 11.8. The van der Waals surface area contributed by atoms with Crippen molar-refractivity contribution in [2.24, 2.45) is 0 Å². The van der Waals surface area contributed by atoms with Crippen LogP contribution in [0.15, 0.2) is 84.9 Å². The summed E-state index contributed by atoms with van der Waals surface area (Å²) in [6, 6.07) is 22.3. The minimum absolute atomic E-state index is 0.00447. The number of hydrogen-bond donors (Lipinski definition) is 1. The van der Waals surface area contributed by atoms with Crippen LogP contribution in [0.25, 0.3) is 6.08 Å². The predicted octanol–water partition coefficient (Wildman–Crippen LogP) is 4.58. The van der Waals surface area contributed by atoms with E-state index in [4.69, 9.17) is 9.47 Å². The van der Waals surface area contributed by atoms with Gasteiger partial charge in [0.1, 0.15) is 0 Å². The number of phenolic OH excluding ortho intramolecular Hbond substituents is 1. The topological polar surface area (TPSA) is 72.8 Å². The van der Waals surface area contributed by atoms with E-state index in [-0.39, 0.29) is 11.5 Å². The van der Waals surface area contributed by atoms with E-state index in [0.29, 0.717) is 22.4 Å². The van der Waals surface area contributed by atoms with E-state index in [0.717, 1.165) is 0 Å². The molecule has 0 saturated heterocycles. The minimum Gasteiger partial charge on any atom is -0.504 e. The zero-order chi connectivity index (χ0) is 20.6. The maximum absolute atomic E-state index is 12.9.